The third kappa shape index (κ3) is 5.44. The second-order valence-electron chi connectivity index (χ2n) is 8.77. The molecule has 1 saturated heterocycles. The summed E-state index contributed by atoms with van der Waals surface area (Å²) in [6.45, 7) is 6.22. The first-order valence-corrected chi connectivity index (χ1v) is 12.7. The number of aromatic nitrogens is 1. The van der Waals surface area contributed by atoms with Gasteiger partial charge in [-0.15, -0.1) is 11.3 Å². The van der Waals surface area contributed by atoms with Crippen molar-refractivity contribution in [2.24, 2.45) is 0 Å². The molecule has 8 heteroatoms. The summed E-state index contributed by atoms with van der Waals surface area (Å²) in [7, 11) is 0. The van der Waals surface area contributed by atoms with Gasteiger partial charge in [-0.2, -0.15) is 0 Å². The van der Waals surface area contributed by atoms with Gasteiger partial charge >= 0.3 is 0 Å². The molecule has 2 aliphatic rings. The van der Waals surface area contributed by atoms with Gasteiger partial charge in [0.05, 0.1) is 12.2 Å². The van der Waals surface area contributed by atoms with Gasteiger partial charge in [0.1, 0.15) is 16.5 Å². The van der Waals surface area contributed by atoms with Crippen LogP contribution >= 0.6 is 11.3 Å². The normalized spacial score (nSPS) is 16.4. The fraction of sp³-hybridized carbons (Fsp3) is 0.296. The number of hydrogen-bond acceptors (Lipinski definition) is 6. The molecule has 3 aromatic rings. The fourth-order valence-corrected chi connectivity index (χ4v) is 5.06. The number of fused-ring (bicyclic) bond motifs is 1. The van der Waals surface area contributed by atoms with E-state index in [0.717, 1.165) is 35.9 Å². The van der Waals surface area contributed by atoms with E-state index in [4.69, 9.17) is 4.74 Å². The van der Waals surface area contributed by atoms with Crippen molar-refractivity contribution in [1.29, 1.82) is 0 Å². The number of hydrogen-bond donors (Lipinski definition) is 0. The molecule has 0 bridgehead atoms. The second kappa shape index (κ2) is 10.4. The van der Waals surface area contributed by atoms with E-state index in [-0.39, 0.29) is 18.4 Å². The van der Waals surface area contributed by atoms with Crippen molar-refractivity contribution in [3.63, 3.8) is 0 Å². The molecule has 3 heterocycles. The number of aryl methyl sites for hydroxylation is 1. The van der Waals surface area contributed by atoms with Crippen LogP contribution in [0, 0.1) is 6.92 Å². The van der Waals surface area contributed by atoms with Gasteiger partial charge in [-0.3, -0.25) is 19.4 Å². The number of carbonyl (C=O) groups excluding carboxylic acids is 2. The first kappa shape index (κ1) is 23.3. The van der Waals surface area contributed by atoms with Gasteiger partial charge in [0.25, 0.3) is 11.8 Å². The largest absolute Gasteiger partial charge is 0.482 e. The molecule has 5 rings (SSSR count). The van der Waals surface area contributed by atoms with Gasteiger partial charge in [-0.05, 0) is 30.2 Å². The van der Waals surface area contributed by atoms with Crippen molar-refractivity contribution in [1.82, 2.24) is 14.8 Å². The average Bonchev–Trinajstić information content (AvgIpc) is 3.35. The van der Waals surface area contributed by atoms with Crippen LogP contribution in [0.4, 0.5) is 5.69 Å². The van der Waals surface area contributed by atoms with Crippen LogP contribution in [0.25, 0.3) is 6.08 Å². The first-order valence-electron chi connectivity index (χ1n) is 11.8. The Bertz CT molecular complexity index is 1230. The summed E-state index contributed by atoms with van der Waals surface area (Å²) in [5.74, 6) is 0.541. The van der Waals surface area contributed by atoms with Crippen LogP contribution in [0.1, 0.15) is 26.6 Å². The van der Waals surface area contributed by atoms with Crippen molar-refractivity contribution < 1.29 is 14.3 Å². The lowest BCUT2D eigenvalue weighted by molar-refractivity contribution is -0.121. The number of carbonyl (C=O) groups is 2. The van der Waals surface area contributed by atoms with E-state index in [9.17, 15) is 9.59 Å². The Labute approximate surface area is 209 Å². The summed E-state index contributed by atoms with van der Waals surface area (Å²) in [6, 6.07) is 16.1. The van der Waals surface area contributed by atoms with Gasteiger partial charge in [-0.1, -0.05) is 48.6 Å². The van der Waals surface area contributed by atoms with E-state index < -0.39 is 0 Å². The number of piperazine rings is 1. The Balaban J connectivity index is 1.16. The molecule has 35 heavy (non-hydrogen) atoms. The van der Waals surface area contributed by atoms with Crippen LogP contribution in [0.5, 0.6) is 5.75 Å². The Hall–Kier alpha value is -3.49. The van der Waals surface area contributed by atoms with Crippen molar-refractivity contribution in [2.45, 2.75) is 13.5 Å². The molecule has 0 radical (unpaired) electrons. The Morgan fingerprint density at radius 1 is 1.11 bits per heavy atom. The lowest BCUT2D eigenvalue weighted by Gasteiger charge is -2.33. The molecular weight excluding hydrogens is 460 g/mol. The molecular formula is C27H28N4O3S. The van der Waals surface area contributed by atoms with E-state index >= 15 is 0 Å². The van der Waals surface area contributed by atoms with Crippen LogP contribution in [0.15, 0.2) is 60.0 Å². The third-order valence-corrected chi connectivity index (χ3v) is 7.09. The predicted molar refractivity (Wildman–Crippen MR) is 138 cm³/mol. The number of ether oxygens (including phenoxy) is 1. The second-order valence-corrected chi connectivity index (χ2v) is 9.71. The van der Waals surface area contributed by atoms with Crippen LogP contribution in [0.3, 0.4) is 0 Å². The number of benzene rings is 2. The van der Waals surface area contributed by atoms with Gasteiger partial charge in [-0.25, -0.2) is 4.98 Å². The average molecular weight is 489 g/mol. The molecule has 2 amide bonds. The highest BCUT2D eigenvalue weighted by molar-refractivity contribution is 7.09. The summed E-state index contributed by atoms with van der Waals surface area (Å²) in [5, 5.41) is 2.54. The molecule has 0 saturated carbocycles. The topological polar surface area (TPSA) is 66.0 Å². The minimum atomic E-state index is -0.108. The number of nitrogens with zero attached hydrogens (tertiary/aromatic N) is 4. The van der Waals surface area contributed by atoms with Crippen molar-refractivity contribution in [3.05, 3.63) is 81.8 Å². The van der Waals surface area contributed by atoms with Gasteiger partial charge < -0.3 is 9.64 Å². The minimum Gasteiger partial charge on any atom is -0.482 e. The maximum absolute atomic E-state index is 13.1. The highest BCUT2D eigenvalue weighted by atomic mass is 32.1. The van der Waals surface area contributed by atoms with E-state index in [0.29, 0.717) is 31.1 Å². The number of rotatable bonds is 6. The molecule has 180 valence electrons. The molecule has 0 N–H and O–H groups in total. The van der Waals surface area contributed by atoms with Gasteiger partial charge in [0, 0.05) is 38.1 Å². The number of anilines is 1. The molecule has 1 fully saturated rings. The highest BCUT2D eigenvalue weighted by Crippen LogP contribution is 2.34. The zero-order valence-corrected chi connectivity index (χ0v) is 20.5. The Kier molecular flexibility index (Phi) is 6.92. The monoisotopic (exact) mass is 488 g/mol. The van der Waals surface area contributed by atoms with Gasteiger partial charge in [0.2, 0.25) is 0 Å². The molecule has 0 aliphatic carbocycles. The molecule has 0 atom stereocenters. The van der Waals surface area contributed by atoms with Crippen LogP contribution in [-0.4, -0.2) is 65.9 Å². The van der Waals surface area contributed by atoms with Crippen LogP contribution in [0.2, 0.25) is 0 Å². The maximum atomic E-state index is 13.1. The summed E-state index contributed by atoms with van der Waals surface area (Å²) in [5.41, 5.74) is 3.45. The van der Waals surface area contributed by atoms with E-state index in [1.54, 1.807) is 10.3 Å². The zero-order chi connectivity index (χ0) is 24.2. The lowest BCUT2D eigenvalue weighted by atomic mass is 10.1. The molecule has 0 unspecified atom stereocenters. The smallest absolute Gasteiger partial charge is 0.273 e. The quantitative estimate of drug-likeness (QED) is 0.527. The highest BCUT2D eigenvalue weighted by Gasteiger charge is 2.28. The Morgan fingerprint density at radius 3 is 2.71 bits per heavy atom. The standard InChI is InChI=1S/C27H28N4O3S/c1-20-9-10-24-23(16-20)31(26(32)18-34-24)17-25-28-22(19-35-25)27(33)30-14-12-29(13-15-30)11-5-8-21-6-3-2-4-7-21/h2-10,16,19H,11-15,17-18H2,1H3. The van der Waals surface area contributed by atoms with E-state index in [2.05, 4.69) is 34.2 Å². The molecule has 2 aromatic carbocycles. The molecule has 0 spiro atoms. The lowest BCUT2D eigenvalue weighted by Crippen LogP contribution is -2.48. The van der Waals surface area contributed by atoms with Crippen molar-refractivity contribution in [3.8, 4) is 5.75 Å². The molecule has 1 aromatic heterocycles. The summed E-state index contributed by atoms with van der Waals surface area (Å²) in [4.78, 5) is 36.1. The van der Waals surface area contributed by atoms with Gasteiger partial charge in [0.15, 0.2) is 6.61 Å². The fourth-order valence-electron chi connectivity index (χ4n) is 4.30. The maximum Gasteiger partial charge on any atom is 0.273 e. The number of thiazole rings is 1. The zero-order valence-electron chi connectivity index (χ0n) is 19.7. The molecule has 7 nitrogen and oxygen atoms in total. The summed E-state index contributed by atoms with van der Waals surface area (Å²) in [6.07, 6.45) is 4.30. The van der Waals surface area contributed by atoms with E-state index in [1.165, 1.54) is 16.9 Å². The van der Waals surface area contributed by atoms with E-state index in [1.807, 2.05) is 48.2 Å². The van der Waals surface area contributed by atoms with Crippen molar-refractivity contribution >= 4 is 34.9 Å². The first-order chi connectivity index (χ1) is 17.1. The Morgan fingerprint density at radius 2 is 1.91 bits per heavy atom. The summed E-state index contributed by atoms with van der Waals surface area (Å²) < 4.78 is 5.56. The van der Waals surface area contributed by atoms with Crippen LogP contribution < -0.4 is 9.64 Å². The summed E-state index contributed by atoms with van der Waals surface area (Å²) >= 11 is 1.41. The SMILES string of the molecule is Cc1ccc2c(c1)N(Cc1nc(C(=O)N3CCN(CC=Cc4ccccc4)CC3)cs1)C(=O)CO2. The third-order valence-electron chi connectivity index (χ3n) is 6.25. The number of amides is 2. The van der Waals surface area contributed by atoms with Crippen LogP contribution in [-0.2, 0) is 11.3 Å². The predicted octanol–water partition coefficient (Wildman–Crippen LogP) is 3.85. The van der Waals surface area contributed by atoms with Crippen molar-refractivity contribution in [2.75, 3.05) is 44.2 Å². The minimum absolute atomic E-state index is 0.0119. The molecule has 2 aliphatic heterocycles.